The van der Waals surface area contributed by atoms with Crippen LogP contribution in [0.5, 0.6) is 0 Å². The van der Waals surface area contributed by atoms with E-state index >= 15 is 0 Å². The van der Waals surface area contributed by atoms with Crippen LogP contribution in [0.3, 0.4) is 0 Å². The van der Waals surface area contributed by atoms with Gasteiger partial charge in [0.25, 0.3) is 0 Å². The number of carboxylic acids is 1. The van der Waals surface area contributed by atoms with Gasteiger partial charge in [0.2, 0.25) is 5.91 Å². The van der Waals surface area contributed by atoms with Gasteiger partial charge in [0.15, 0.2) is 0 Å². The van der Waals surface area contributed by atoms with Gasteiger partial charge < -0.3 is 20.4 Å². The molecular weight excluding hydrogens is 278 g/mol. The summed E-state index contributed by atoms with van der Waals surface area (Å²) in [5, 5.41) is 21.6. The molecule has 0 aromatic rings. The summed E-state index contributed by atoms with van der Waals surface area (Å²) >= 11 is 0. The quantitative estimate of drug-likeness (QED) is 0.620. The maximum Gasteiger partial charge on any atom is 0.328 e. The van der Waals surface area contributed by atoms with Crippen molar-refractivity contribution >= 4 is 17.9 Å². The van der Waals surface area contributed by atoms with E-state index in [-0.39, 0.29) is 25.0 Å². The fourth-order valence-corrected chi connectivity index (χ4v) is 2.95. The van der Waals surface area contributed by atoms with E-state index in [1.165, 1.54) is 4.90 Å². The van der Waals surface area contributed by atoms with Gasteiger partial charge in [0.1, 0.15) is 12.6 Å². The summed E-state index contributed by atoms with van der Waals surface area (Å²) in [6.45, 7) is -0.371. The number of nitrogens with one attached hydrogen (secondary N) is 1. The van der Waals surface area contributed by atoms with Gasteiger partial charge in [-0.1, -0.05) is 12.8 Å². The second-order valence-corrected chi connectivity index (χ2v) is 5.60. The molecule has 0 radical (unpaired) electrons. The smallest absolute Gasteiger partial charge is 0.328 e. The van der Waals surface area contributed by atoms with Crippen LogP contribution in [0.1, 0.15) is 25.7 Å². The third-order valence-electron chi connectivity index (χ3n) is 4.21. The van der Waals surface area contributed by atoms with Gasteiger partial charge in [-0.05, 0) is 12.8 Å². The number of piperazine rings is 1. The fraction of sp³-hybridized carbons (Fsp3) is 0.769. The Bertz CT molecular complexity index is 442. The Balaban J connectivity index is 2.11. The maximum absolute atomic E-state index is 12.5. The molecule has 0 aromatic heterocycles. The first-order valence-corrected chi connectivity index (χ1v) is 7.13. The first-order valence-electron chi connectivity index (χ1n) is 7.13. The van der Waals surface area contributed by atoms with Crippen molar-refractivity contribution < 1.29 is 24.6 Å². The number of rotatable bonds is 2. The highest BCUT2D eigenvalue weighted by Gasteiger charge is 2.39. The predicted molar refractivity (Wildman–Crippen MR) is 72.6 cm³/mol. The number of aliphatic hydroxyl groups excluding tert-OH is 1. The van der Waals surface area contributed by atoms with Crippen molar-refractivity contribution in [1.29, 1.82) is 0 Å². The molecule has 8 heteroatoms. The van der Waals surface area contributed by atoms with E-state index in [2.05, 4.69) is 5.32 Å². The van der Waals surface area contributed by atoms with Crippen LogP contribution in [0, 0.1) is 0 Å². The lowest BCUT2D eigenvalue weighted by Crippen LogP contribution is -2.63. The lowest BCUT2D eigenvalue weighted by atomic mass is 9.92. The molecule has 21 heavy (non-hydrogen) atoms. The highest BCUT2D eigenvalue weighted by Crippen LogP contribution is 2.23. The van der Waals surface area contributed by atoms with Gasteiger partial charge in [-0.15, -0.1) is 0 Å². The maximum atomic E-state index is 12.5. The zero-order valence-corrected chi connectivity index (χ0v) is 12.0. The van der Waals surface area contributed by atoms with Gasteiger partial charge in [0.05, 0.1) is 12.1 Å². The monoisotopic (exact) mass is 299 g/mol. The zero-order valence-electron chi connectivity index (χ0n) is 12.0. The Hall–Kier alpha value is -1.83. The lowest BCUT2D eigenvalue weighted by molar-refractivity contribution is -0.144. The Morgan fingerprint density at radius 1 is 1.33 bits per heavy atom. The zero-order chi connectivity index (χ0) is 15.6. The van der Waals surface area contributed by atoms with E-state index in [4.69, 9.17) is 0 Å². The number of likely N-dealkylation sites (N-methyl/N-ethyl adjacent to an activating group) is 1. The number of hydrogen-bond donors (Lipinski definition) is 3. The van der Waals surface area contributed by atoms with Crippen molar-refractivity contribution in [3.63, 3.8) is 0 Å². The van der Waals surface area contributed by atoms with Gasteiger partial charge in [-0.25, -0.2) is 9.59 Å². The summed E-state index contributed by atoms with van der Waals surface area (Å²) in [5.41, 5.74) is 0. The van der Waals surface area contributed by atoms with Gasteiger partial charge in [-0.2, -0.15) is 0 Å². The van der Waals surface area contributed by atoms with Crippen LogP contribution in [-0.2, 0) is 9.59 Å². The number of aliphatic carboxylic acids is 1. The van der Waals surface area contributed by atoms with E-state index in [0.29, 0.717) is 12.8 Å². The lowest BCUT2D eigenvalue weighted by Gasteiger charge is -2.40. The summed E-state index contributed by atoms with van der Waals surface area (Å²) in [7, 11) is 1.55. The minimum Gasteiger partial charge on any atom is -0.480 e. The molecule has 2 aliphatic rings. The van der Waals surface area contributed by atoms with Crippen LogP contribution >= 0.6 is 0 Å². The topological polar surface area (TPSA) is 110 Å². The molecule has 0 spiro atoms. The van der Waals surface area contributed by atoms with Crippen molar-refractivity contribution in [1.82, 2.24) is 15.1 Å². The summed E-state index contributed by atoms with van der Waals surface area (Å²) in [5.74, 6) is -1.53. The van der Waals surface area contributed by atoms with Crippen LogP contribution < -0.4 is 5.32 Å². The Kier molecular flexibility index (Phi) is 4.66. The molecule has 118 valence electrons. The minimum absolute atomic E-state index is 0.0963. The molecule has 3 atom stereocenters. The van der Waals surface area contributed by atoms with Gasteiger partial charge in [-0.3, -0.25) is 9.69 Å². The fourth-order valence-electron chi connectivity index (χ4n) is 2.95. The highest BCUT2D eigenvalue weighted by atomic mass is 16.4. The number of carbonyl (C=O) groups excluding carboxylic acids is 2. The normalized spacial score (nSPS) is 29.7. The molecule has 8 nitrogen and oxygen atoms in total. The molecule has 1 saturated carbocycles. The number of nitrogens with zero attached hydrogens (tertiary/aromatic N) is 2. The molecule has 2 rings (SSSR count). The second-order valence-electron chi connectivity index (χ2n) is 5.60. The first kappa shape index (κ1) is 15.6. The highest BCUT2D eigenvalue weighted by molar-refractivity contribution is 5.90. The predicted octanol–water partition coefficient (Wildman–Crippen LogP) is -0.773. The number of hydrogen-bond acceptors (Lipinski definition) is 4. The van der Waals surface area contributed by atoms with E-state index in [0.717, 1.165) is 17.7 Å². The number of aliphatic hydroxyl groups is 1. The van der Waals surface area contributed by atoms with E-state index in [1.807, 2.05) is 0 Å². The third-order valence-corrected chi connectivity index (χ3v) is 4.21. The molecule has 1 heterocycles. The molecular formula is C13H21N3O5. The Morgan fingerprint density at radius 3 is 2.62 bits per heavy atom. The van der Waals surface area contributed by atoms with Gasteiger partial charge in [0, 0.05) is 13.6 Å². The number of carbonyl (C=O) groups is 3. The molecule has 3 N–H and O–H groups in total. The van der Waals surface area contributed by atoms with Crippen molar-refractivity contribution in [3.8, 4) is 0 Å². The average Bonchev–Trinajstić information content (AvgIpc) is 2.45. The van der Waals surface area contributed by atoms with Crippen LogP contribution in [0.15, 0.2) is 0 Å². The number of carboxylic acid groups (broad SMARTS) is 1. The molecule has 0 bridgehead atoms. The summed E-state index contributed by atoms with van der Waals surface area (Å²) < 4.78 is 0. The molecule has 2 fully saturated rings. The van der Waals surface area contributed by atoms with Crippen molar-refractivity contribution in [3.05, 3.63) is 0 Å². The molecule has 3 unspecified atom stereocenters. The molecule has 1 aliphatic heterocycles. The molecule has 1 saturated heterocycles. The standard InChI is InChI=1S/C13H21N3O5/c1-15(8-4-2-3-5-10(8)17)13(21)16-7-11(18)14-6-9(16)12(19)20/h8-10,17H,2-7H2,1H3,(H,14,18)(H,19,20). The van der Waals surface area contributed by atoms with E-state index in [9.17, 15) is 24.6 Å². The van der Waals surface area contributed by atoms with E-state index in [1.54, 1.807) is 7.05 Å². The van der Waals surface area contributed by atoms with Crippen LogP contribution in [-0.4, -0.2) is 76.2 Å². The van der Waals surface area contributed by atoms with E-state index < -0.39 is 24.1 Å². The van der Waals surface area contributed by atoms with Crippen LogP contribution in [0.4, 0.5) is 4.79 Å². The molecule has 0 aromatic carbocycles. The van der Waals surface area contributed by atoms with Crippen LogP contribution in [0.2, 0.25) is 0 Å². The third kappa shape index (κ3) is 3.26. The average molecular weight is 299 g/mol. The summed E-state index contributed by atoms with van der Waals surface area (Å²) in [6, 6.07) is -1.92. The van der Waals surface area contributed by atoms with Crippen molar-refractivity contribution in [2.45, 2.75) is 43.9 Å². The van der Waals surface area contributed by atoms with Crippen LogP contribution in [0.25, 0.3) is 0 Å². The molecule has 3 amide bonds. The minimum atomic E-state index is -1.15. The number of urea groups is 1. The SMILES string of the molecule is CN(C(=O)N1CC(=O)NCC1C(=O)O)C1CCCCC1O. The first-order chi connectivity index (χ1) is 9.91. The Morgan fingerprint density at radius 2 is 2.00 bits per heavy atom. The number of amides is 3. The second kappa shape index (κ2) is 6.30. The summed E-state index contributed by atoms with van der Waals surface area (Å²) in [4.78, 5) is 37.6. The van der Waals surface area contributed by atoms with Crippen molar-refractivity contribution in [2.24, 2.45) is 0 Å². The molecule has 1 aliphatic carbocycles. The Labute approximate surface area is 122 Å². The largest absolute Gasteiger partial charge is 0.480 e. The summed E-state index contributed by atoms with van der Waals surface area (Å²) in [6.07, 6.45) is 2.55. The van der Waals surface area contributed by atoms with Crippen molar-refractivity contribution in [2.75, 3.05) is 20.1 Å². The van der Waals surface area contributed by atoms with Gasteiger partial charge >= 0.3 is 12.0 Å².